The second-order valence-electron chi connectivity index (χ2n) is 23.5. The van der Waals surface area contributed by atoms with Crippen molar-refractivity contribution in [2.45, 2.75) is 130 Å². The van der Waals surface area contributed by atoms with Crippen molar-refractivity contribution in [1.82, 2.24) is 0 Å². The topological polar surface area (TPSA) is 19.6 Å². The summed E-state index contributed by atoms with van der Waals surface area (Å²) in [6.07, 6.45) is 2.36. The standard InChI is InChI=1S/C62H65BN2O/c1-37(2)40-23-25-47-51(32-40)64(50-36-46-45(31-38(50)3)61(10,11)29-30-62(46,12)13)52-34-42(60(7,8)9)35-53-57(52)63(47)48-26-28-55-56(43-21-17-18-22-54(43)66-55)58(48)65(53)49-27-24-41(59(4,5)6)33-44(49)39-19-15-14-16-20-39/h14-28,31-37H,29-30H2,1-13H3. The molecule has 3 nitrogen and oxygen atoms in total. The molecule has 3 aliphatic rings. The van der Waals surface area contributed by atoms with Crippen LogP contribution in [0.2, 0.25) is 0 Å². The van der Waals surface area contributed by atoms with Crippen LogP contribution in [0, 0.1) is 6.92 Å². The van der Waals surface area contributed by atoms with E-state index in [0.29, 0.717) is 5.92 Å². The van der Waals surface area contributed by atoms with E-state index >= 15 is 0 Å². The lowest BCUT2D eigenvalue weighted by Crippen LogP contribution is -2.61. The van der Waals surface area contributed by atoms with E-state index in [1.165, 1.54) is 108 Å². The SMILES string of the molecule is Cc1cc2c(cc1N1c3cc(C(C)C)ccc3B3c4ccc5oc6ccccc6c5c4N(c4ccc(C(C)(C)C)cc4-c4ccccc4)c4cc(C(C)(C)C)cc1c43)C(C)(C)CCC2(C)C. The lowest BCUT2D eigenvalue weighted by molar-refractivity contribution is 0.332. The van der Waals surface area contributed by atoms with E-state index in [9.17, 15) is 0 Å². The summed E-state index contributed by atoms with van der Waals surface area (Å²) in [5, 5.41) is 2.30. The zero-order chi connectivity index (χ0) is 46.4. The largest absolute Gasteiger partial charge is 0.456 e. The molecular weight excluding hydrogens is 800 g/mol. The number of hydrogen-bond donors (Lipinski definition) is 0. The highest BCUT2D eigenvalue weighted by molar-refractivity contribution is 7.00. The molecule has 7 aromatic carbocycles. The molecule has 11 rings (SSSR count). The van der Waals surface area contributed by atoms with Gasteiger partial charge in [-0.2, -0.15) is 0 Å². The van der Waals surface area contributed by atoms with Crippen LogP contribution in [-0.2, 0) is 21.7 Å². The highest BCUT2D eigenvalue weighted by Gasteiger charge is 2.47. The minimum absolute atomic E-state index is 0.0249. The van der Waals surface area contributed by atoms with E-state index in [4.69, 9.17) is 4.42 Å². The first-order valence-electron chi connectivity index (χ1n) is 24.5. The molecule has 0 fully saturated rings. The Morgan fingerprint density at radius 1 is 0.561 bits per heavy atom. The molecule has 4 heteroatoms. The van der Waals surface area contributed by atoms with Gasteiger partial charge < -0.3 is 14.2 Å². The quantitative estimate of drug-likeness (QED) is 0.164. The third-order valence-electron chi connectivity index (χ3n) is 15.7. The lowest BCUT2D eigenvalue weighted by atomic mass is 9.33. The van der Waals surface area contributed by atoms with Crippen LogP contribution in [0.15, 0.2) is 132 Å². The van der Waals surface area contributed by atoms with Crippen LogP contribution < -0.4 is 26.2 Å². The summed E-state index contributed by atoms with van der Waals surface area (Å²) in [7, 11) is 0. The third kappa shape index (κ3) is 6.45. The molecule has 0 atom stereocenters. The molecule has 3 heterocycles. The molecule has 332 valence electrons. The number of nitrogens with zero attached hydrogens (tertiary/aromatic N) is 2. The zero-order valence-electron chi connectivity index (χ0n) is 41.5. The Bertz CT molecular complexity index is 3280. The molecular formula is C62H65BN2O. The van der Waals surface area contributed by atoms with E-state index in [2.05, 4.69) is 227 Å². The van der Waals surface area contributed by atoms with E-state index < -0.39 is 0 Å². The number of para-hydroxylation sites is 1. The normalized spacial score (nSPS) is 16.1. The molecule has 0 saturated carbocycles. The molecule has 0 bridgehead atoms. The maximum atomic E-state index is 6.80. The molecule has 0 radical (unpaired) electrons. The summed E-state index contributed by atoms with van der Waals surface area (Å²) in [4.78, 5) is 5.34. The van der Waals surface area contributed by atoms with Crippen molar-refractivity contribution in [3.05, 3.63) is 161 Å². The Balaban J connectivity index is 1.32. The summed E-state index contributed by atoms with van der Waals surface area (Å²) >= 11 is 0. The summed E-state index contributed by atoms with van der Waals surface area (Å²) in [6.45, 7) is 30.9. The summed E-state index contributed by atoms with van der Waals surface area (Å²) in [5.41, 5.74) is 23.9. The van der Waals surface area contributed by atoms with Gasteiger partial charge in [0.15, 0.2) is 0 Å². The van der Waals surface area contributed by atoms with Crippen molar-refractivity contribution in [3.8, 4) is 11.1 Å². The van der Waals surface area contributed by atoms with Crippen LogP contribution in [-0.4, -0.2) is 6.71 Å². The van der Waals surface area contributed by atoms with Crippen molar-refractivity contribution in [3.63, 3.8) is 0 Å². The number of benzene rings is 7. The van der Waals surface area contributed by atoms with Gasteiger partial charge in [-0.05, 0) is 151 Å². The Hall–Kier alpha value is -6.00. The van der Waals surface area contributed by atoms with E-state index in [1.54, 1.807) is 0 Å². The van der Waals surface area contributed by atoms with Gasteiger partial charge >= 0.3 is 0 Å². The van der Waals surface area contributed by atoms with Gasteiger partial charge in [0, 0.05) is 33.7 Å². The Labute approximate surface area is 393 Å². The average Bonchev–Trinajstić information content (AvgIpc) is 3.66. The van der Waals surface area contributed by atoms with Gasteiger partial charge in [-0.25, -0.2) is 0 Å². The van der Waals surface area contributed by atoms with Crippen LogP contribution in [0.3, 0.4) is 0 Å². The molecule has 0 N–H and O–H groups in total. The van der Waals surface area contributed by atoms with Crippen LogP contribution in [0.25, 0.3) is 33.1 Å². The number of anilines is 6. The number of rotatable bonds is 4. The Kier molecular flexibility index (Phi) is 9.37. The zero-order valence-corrected chi connectivity index (χ0v) is 41.5. The van der Waals surface area contributed by atoms with Crippen molar-refractivity contribution in [2.24, 2.45) is 0 Å². The van der Waals surface area contributed by atoms with E-state index in [-0.39, 0.29) is 28.4 Å². The van der Waals surface area contributed by atoms with Crippen LogP contribution in [0.5, 0.6) is 0 Å². The van der Waals surface area contributed by atoms with Gasteiger partial charge in [-0.15, -0.1) is 0 Å². The number of furan rings is 1. The highest BCUT2D eigenvalue weighted by atomic mass is 16.3. The fourth-order valence-electron chi connectivity index (χ4n) is 11.6. The summed E-state index contributed by atoms with van der Waals surface area (Å²) in [6, 6.07) is 49.2. The van der Waals surface area contributed by atoms with Gasteiger partial charge in [0.25, 0.3) is 6.71 Å². The molecule has 0 unspecified atom stereocenters. The van der Waals surface area contributed by atoms with Crippen molar-refractivity contribution >= 4 is 79.2 Å². The molecule has 0 saturated heterocycles. The van der Waals surface area contributed by atoms with Gasteiger partial charge in [0.05, 0.1) is 16.8 Å². The van der Waals surface area contributed by atoms with Gasteiger partial charge in [0.1, 0.15) is 11.2 Å². The molecule has 1 aliphatic carbocycles. The van der Waals surface area contributed by atoms with Gasteiger partial charge in [-0.1, -0.05) is 162 Å². The smallest absolute Gasteiger partial charge is 0.252 e. The van der Waals surface area contributed by atoms with E-state index in [1.807, 2.05) is 0 Å². The molecule has 1 aromatic heterocycles. The molecule has 0 spiro atoms. The lowest BCUT2D eigenvalue weighted by Gasteiger charge is -2.47. The third-order valence-corrected chi connectivity index (χ3v) is 15.7. The fourth-order valence-corrected chi connectivity index (χ4v) is 11.6. The predicted octanol–water partition coefficient (Wildman–Crippen LogP) is 15.7. The Morgan fingerprint density at radius 2 is 1.20 bits per heavy atom. The highest BCUT2D eigenvalue weighted by Crippen LogP contribution is 2.54. The molecule has 2 aliphatic heterocycles. The Morgan fingerprint density at radius 3 is 1.88 bits per heavy atom. The second-order valence-corrected chi connectivity index (χ2v) is 23.5. The second kappa shape index (κ2) is 14.5. The van der Waals surface area contributed by atoms with Gasteiger partial charge in [0.2, 0.25) is 0 Å². The number of hydrogen-bond acceptors (Lipinski definition) is 3. The van der Waals surface area contributed by atoms with Gasteiger partial charge in [-0.3, -0.25) is 0 Å². The monoisotopic (exact) mass is 865 g/mol. The first-order chi connectivity index (χ1) is 31.2. The van der Waals surface area contributed by atoms with Crippen LogP contribution in [0.4, 0.5) is 34.1 Å². The maximum Gasteiger partial charge on any atom is 0.252 e. The van der Waals surface area contributed by atoms with Crippen LogP contribution in [0.1, 0.15) is 135 Å². The minimum atomic E-state index is -0.150. The predicted molar refractivity (Wildman–Crippen MR) is 285 cm³/mol. The first kappa shape index (κ1) is 42.6. The van der Waals surface area contributed by atoms with Crippen LogP contribution >= 0.6 is 0 Å². The van der Waals surface area contributed by atoms with Crippen molar-refractivity contribution < 1.29 is 4.42 Å². The van der Waals surface area contributed by atoms with Crippen molar-refractivity contribution in [2.75, 3.05) is 9.80 Å². The maximum absolute atomic E-state index is 6.80. The summed E-state index contributed by atoms with van der Waals surface area (Å²) in [5.74, 6) is 0.373. The molecule has 0 amide bonds. The fraction of sp³-hybridized carbons (Fsp3) is 0.323. The molecule has 8 aromatic rings. The summed E-state index contributed by atoms with van der Waals surface area (Å²) < 4.78 is 6.80. The van der Waals surface area contributed by atoms with Crippen molar-refractivity contribution in [1.29, 1.82) is 0 Å². The first-order valence-corrected chi connectivity index (χ1v) is 24.5. The average molecular weight is 865 g/mol. The molecule has 66 heavy (non-hydrogen) atoms. The number of aryl methyl sites for hydroxylation is 1. The number of fused-ring (bicyclic) bond motifs is 9. The minimum Gasteiger partial charge on any atom is -0.456 e. The van der Waals surface area contributed by atoms with E-state index in [0.717, 1.165) is 21.9 Å².